The minimum Gasteiger partial charge on any atom is -0.443 e. The van der Waals surface area contributed by atoms with Crippen LogP contribution >= 0.6 is 11.6 Å². The second kappa shape index (κ2) is 7.54. The molecule has 0 amide bonds. The third-order valence-corrected chi connectivity index (χ3v) is 5.64. The highest BCUT2D eigenvalue weighted by molar-refractivity contribution is 7.92. The average Bonchev–Trinajstić information content (AvgIpc) is 3.13. The van der Waals surface area contributed by atoms with E-state index in [1.807, 2.05) is 48.6 Å². The summed E-state index contributed by atoms with van der Waals surface area (Å²) >= 11 is 6.09. The Kier molecular flexibility index (Phi) is 4.94. The van der Waals surface area contributed by atoms with Gasteiger partial charge >= 0.3 is 0 Å². The summed E-state index contributed by atoms with van der Waals surface area (Å²) in [6.07, 6.45) is 3.74. The molecule has 1 aromatic heterocycles. The van der Waals surface area contributed by atoms with E-state index in [4.69, 9.17) is 16.0 Å². The number of benzene rings is 3. The van der Waals surface area contributed by atoms with Crippen molar-refractivity contribution in [1.29, 1.82) is 0 Å². The maximum absolute atomic E-state index is 12.8. The van der Waals surface area contributed by atoms with E-state index in [1.165, 1.54) is 6.07 Å². The molecule has 1 N–H and O–H groups in total. The molecule has 4 rings (SSSR count). The molecule has 4 nitrogen and oxygen atoms in total. The third-order valence-electron chi connectivity index (χ3n) is 4.18. The van der Waals surface area contributed by atoms with Gasteiger partial charge in [0.1, 0.15) is 5.58 Å². The molecule has 0 fully saturated rings. The van der Waals surface area contributed by atoms with Crippen molar-refractivity contribution in [2.75, 3.05) is 4.72 Å². The van der Waals surface area contributed by atoms with Gasteiger partial charge in [-0.2, -0.15) is 8.42 Å². The summed E-state index contributed by atoms with van der Waals surface area (Å²) in [5.41, 5.74) is 2.58. The van der Waals surface area contributed by atoms with E-state index in [2.05, 4.69) is 4.72 Å². The molecule has 0 saturated heterocycles. The van der Waals surface area contributed by atoms with Crippen molar-refractivity contribution < 1.29 is 12.8 Å². The number of nitrogens with one attached hydrogen (secondary N) is 1. The van der Waals surface area contributed by atoms with Gasteiger partial charge in [0.2, 0.25) is 5.09 Å². The summed E-state index contributed by atoms with van der Waals surface area (Å²) in [4.78, 5) is 0. The van der Waals surface area contributed by atoms with Crippen molar-refractivity contribution in [2.45, 2.75) is 5.09 Å². The molecule has 0 spiro atoms. The molecule has 140 valence electrons. The van der Waals surface area contributed by atoms with E-state index in [-0.39, 0.29) is 5.09 Å². The lowest BCUT2D eigenvalue weighted by Crippen LogP contribution is -2.13. The van der Waals surface area contributed by atoms with Gasteiger partial charge in [0.25, 0.3) is 10.0 Å². The lowest BCUT2D eigenvalue weighted by atomic mass is 10.1. The molecule has 0 radical (unpaired) electrons. The fourth-order valence-electron chi connectivity index (χ4n) is 2.80. The fraction of sp³-hybridized carbons (Fsp3) is 0. The molecule has 0 aliphatic heterocycles. The lowest BCUT2D eigenvalue weighted by molar-refractivity contribution is 0.484. The Morgan fingerprint density at radius 2 is 1.61 bits per heavy atom. The number of hydrogen-bond acceptors (Lipinski definition) is 3. The van der Waals surface area contributed by atoms with E-state index in [1.54, 1.807) is 36.4 Å². The van der Waals surface area contributed by atoms with Gasteiger partial charge in [-0.1, -0.05) is 78.4 Å². The number of fused-ring (bicyclic) bond motifs is 1. The number of anilines is 1. The first-order chi connectivity index (χ1) is 13.5. The van der Waals surface area contributed by atoms with Crippen molar-refractivity contribution in [3.8, 4) is 0 Å². The highest BCUT2D eigenvalue weighted by Crippen LogP contribution is 2.28. The van der Waals surface area contributed by atoms with Crippen LogP contribution in [0.1, 0.15) is 11.1 Å². The molecule has 4 aromatic rings. The van der Waals surface area contributed by atoms with Gasteiger partial charge in [0.15, 0.2) is 0 Å². The minimum atomic E-state index is -3.91. The van der Waals surface area contributed by atoms with Crippen LogP contribution in [0.25, 0.3) is 23.1 Å². The molecule has 0 aliphatic rings. The van der Waals surface area contributed by atoms with E-state index >= 15 is 0 Å². The summed E-state index contributed by atoms with van der Waals surface area (Å²) in [7, 11) is -3.91. The number of rotatable bonds is 5. The van der Waals surface area contributed by atoms with Gasteiger partial charge < -0.3 is 4.42 Å². The summed E-state index contributed by atoms with van der Waals surface area (Å²) in [5.74, 6) is 0. The number of hydrogen-bond donors (Lipinski definition) is 1. The van der Waals surface area contributed by atoms with Crippen molar-refractivity contribution >= 4 is 50.4 Å². The minimum absolute atomic E-state index is 0.147. The van der Waals surface area contributed by atoms with Crippen molar-refractivity contribution in [2.24, 2.45) is 0 Å². The van der Waals surface area contributed by atoms with E-state index in [9.17, 15) is 8.42 Å². The third kappa shape index (κ3) is 3.96. The Labute approximate surface area is 168 Å². The van der Waals surface area contributed by atoms with Gasteiger partial charge in [0, 0.05) is 16.5 Å². The number of halogens is 1. The predicted molar refractivity (Wildman–Crippen MR) is 114 cm³/mol. The zero-order valence-electron chi connectivity index (χ0n) is 14.7. The maximum atomic E-state index is 12.8. The molecule has 6 heteroatoms. The molecule has 28 heavy (non-hydrogen) atoms. The van der Waals surface area contributed by atoms with Crippen LogP contribution in [0, 0.1) is 0 Å². The van der Waals surface area contributed by atoms with Gasteiger partial charge in [-0.3, -0.25) is 4.72 Å². The second-order valence-electron chi connectivity index (χ2n) is 6.18. The molecule has 3 aromatic carbocycles. The smallest absolute Gasteiger partial charge is 0.295 e. The molecule has 0 unspecified atom stereocenters. The Hall–Kier alpha value is -3.02. The van der Waals surface area contributed by atoms with E-state index in [0.717, 1.165) is 10.9 Å². The molecule has 1 heterocycles. The quantitative estimate of drug-likeness (QED) is 0.408. The SMILES string of the molecule is O=S(=O)(Nc1cc(Cl)ccc1/C=C\c1ccccc1)c1cc2ccccc2o1. The second-order valence-corrected chi connectivity index (χ2v) is 8.23. The van der Waals surface area contributed by atoms with Crippen LogP contribution in [0.5, 0.6) is 0 Å². The monoisotopic (exact) mass is 409 g/mol. The van der Waals surface area contributed by atoms with Crippen LogP contribution in [-0.4, -0.2) is 8.42 Å². The lowest BCUT2D eigenvalue weighted by Gasteiger charge is -2.09. The van der Waals surface area contributed by atoms with Crippen LogP contribution in [0.3, 0.4) is 0 Å². The zero-order valence-corrected chi connectivity index (χ0v) is 16.2. The molecule has 0 saturated carbocycles. The Morgan fingerprint density at radius 1 is 0.857 bits per heavy atom. The van der Waals surface area contributed by atoms with Crippen LogP contribution in [0.15, 0.2) is 88.4 Å². The predicted octanol–water partition coefficient (Wildman–Crippen LogP) is 6.06. The standard InChI is InChI=1S/C22H16ClNO3S/c23-19-13-12-17(11-10-16-6-2-1-3-7-16)20(15-19)24-28(25,26)22-14-18-8-4-5-9-21(18)27-22/h1-15,24H/b11-10-. The molecular formula is C22H16ClNO3S. The summed E-state index contributed by atoms with van der Waals surface area (Å²) in [5, 5.41) is 1.00. The molecular weight excluding hydrogens is 394 g/mol. The number of sulfonamides is 1. The summed E-state index contributed by atoms with van der Waals surface area (Å²) < 4.78 is 33.8. The summed E-state index contributed by atoms with van der Waals surface area (Å²) in [6, 6.07) is 23.4. The highest BCUT2D eigenvalue weighted by atomic mass is 35.5. The number of para-hydroxylation sites is 1. The zero-order chi connectivity index (χ0) is 19.6. The largest absolute Gasteiger partial charge is 0.443 e. The first kappa shape index (κ1) is 18.3. The summed E-state index contributed by atoms with van der Waals surface area (Å²) in [6.45, 7) is 0. The van der Waals surface area contributed by atoms with E-state index in [0.29, 0.717) is 21.9 Å². The first-order valence-corrected chi connectivity index (χ1v) is 10.4. The maximum Gasteiger partial charge on any atom is 0.295 e. The van der Waals surface area contributed by atoms with Crippen molar-refractivity contribution in [1.82, 2.24) is 0 Å². The number of furan rings is 1. The Morgan fingerprint density at radius 3 is 2.39 bits per heavy atom. The highest BCUT2D eigenvalue weighted by Gasteiger charge is 2.20. The molecule has 0 aliphatic carbocycles. The van der Waals surface area contributed by atoms with Crippen LogP contribution in [0.2, 0.25) is 5.02 Å². The van der Waals surface area contributed by atoms with Gasteiger partial charge in [-0.25, -0.2) is 0 Å². The van der Waals surface area contributed by atoms with Crippen molar-refractivity contribution in [3.05, 3.63) is 95.0 Å². The molecule has 0 bridgehead atoms. The van der Waals surface area contributed by atoms with Gasteiger partial charge in [-0.05, 0) is 29.3 Å². The van der Waals surface area contributed by atoms with Crippen molar-refractivity contribution in [3.63, 3.8) is 0 Å². The Balaban J connectivity index is 1.68. The fourth-order valence-corrected chi connectivity index (χ4v) is 4.02. The van der Waals surface area contributed by atoms with Gasteiger partial charge in [0.05, 0.1) is 5.69 Å². The van der Waals surface area contributed by atoms with E-state index < -0.39 is 10.0 Å². The topological polar surface area (TPSA) is 59.3 Å². The van der Waals surface area contributed by atoms with Crippen LogP contribution < -0.4 is 4.72 Å². The average molecular weight is 410 g/mol. The van der Waals surface area contributed by atoms with Crippen LogP contribution in [0.4, 0.5) is 5.69 Å². The molecule has 0 atom stereocenters. The first-order valence-electron chi connectivity index (χ1n) is 8.55. The Bertz CT molecular complexity index is 1230. The van der Waals surface area contributed by atoms with Gasteiger partial charge in [-0.15, -0.1) is 0 Å². The van der Waals surface area contributed by atoms with Crippen LogP contribution in [-0.2, 0) is 10.0 Å². The normalized spacial score (nSPS) is 11.9.